The maximum Gasteiger partial charge on any atom is 0.490 e. The van der Waals surface area contributed by atoms with Gasteiger partial charge < -0.3 is 15.3 Å². The van der Waals surface area contributed by atoms with Crippen molar-refractivity contribution in [1.82, 2.24) is 14.9 Å². The van der Waals surface area contributed by atoms with Crippen molar-refractivity contribution in [3.63, 3.8) is 0 Å². The van der Waals surface area contributed by atoms with Crippen LogP contribution in [0.25, 0.3) is 0 Å². The Hall–Kier alpha value is -3.78. The number of fused-ring (bicyclic) bond motifs is 1. The van der Waals surface area contributed by atoms with E-state index in [1.165, 1.54) is 23.8 Å². The molecule has 1 fully saturated rings. The lowest BCUT2D eigenvalue weighted by molar-refractivity contribution is -0.192. The minimum Gasteiger partial charge on any atom is -0.475 e. The number of nitrogens with zero attached hydrogens (tertiary/aromatic N) is 4. The Morgan fingerprint density at radius 2 is 1.68 bits per heavy atom. The first-order valence-electron chi connectivity index (χ1n) is 14.2. The van der Waals surface area contributed by atoms with Crippen molar-refractivity contribution < 1.29 is 35.9 Å². The summed E-state index contributed by atoms with van der Waals surface area (Å²) in [5, 5.41) is 10.0. The number of rotatable bonds is 7. The molecule has 1 aromatic heterocycles. The van der Waals surface area contributed by atoms with Crippen molar-refractivity contribution in [3.8, 4) is 0 Å². The topological polar surface area (TPSA) is 116 Å². The van der Waals surface area contributed by atoms with Crippen LogP contribution in [0, 0.1) is 5.82 Å². The minimum atomic E-state index is -5.08. The number of anilines is 2. The van der Waals surface area contributed by atoms with Crippen molar-refractivity contribution in [3.05, 3.63) is 77.4 Å². The van der Waals surface area contributed by atoms with Crippen LogP contribution in [0.5, 0.6) is 0 Å². The lowest BCUT2D eigenvalue weighted by atomic mass is 10.1. The highest BCUT2D eigenvalue weighted by atomic mass is 32.2. The van der Waals surface area contributed by atoms with Crippen molar-refractivity contribution in [2.75, 3.05) is 29.9 Å². The summed E-state index contributed by atoms with van der Waals surface area (Å²) < 4.78 is 71.7. The van der Waals surface area contributed by atoms with Gasteiger partial charge in [-0.1, -0.05) is 36.4 Å². The van der Waals surface area contributed by atoms with E-state index >= 15 is 0 Å². The Labute approximate surface area is 253 Å². The third-order valence-corrected chi connectivity index (χ3v) is 9.55. The fourth-order valence-electron chi connectivity index (χ4n) is 5.16. The van der Waals surface area contributed by atoms with Crippen LogP contribution in [0.2, 0.25) is 0 Å². The van der Waals surface area contributed by atoms with Crippen molar-refractivity contribution in [1.29, 1.82) is 0 Å². The maximum atomic E-state index is 13.7. The smallest absolute Gasteiger partial charge is 0.475 e. The largest absolute Gasteiger partial charge is 0.490 e. The first-order valence-corrected chi connectivity index (χ1v) is 15.8. The molecule has 9 nitrogen and oxygen atoms in total. The van der Waals surface area contributed by atoms with Gasteiger partial charge in [0.1, 0.15) is 5.82 Å². The molecule has 0 saturated carbocycles. The van der Waals surface area contributed by atoms with E-state index in [1.807, 2.05) is 6.07 Å². The Bertz CT molecular complexity index is 1550. The number of hydrogen-bond acceptors (Lipinski definition) is 8. The average molecular weight is 638 g/mol. The van der Waals surface area contributed by atoms with Gasteiger partial charge in [0, 0.05) is 45.2 Å². The molecule has 0 unspecified atom stereocenters. The zero-order valence-corrected chi connectivity index (χ0v) is 25.2. The van der Waals surface area contributed by atoms with E-state index in [9.17, 15) is 26.0 Å². The minimum absolute atomic E-state index is 0.0557. The molecular weight excluding hydrogens is 602 g/mol. The predicted octanol–water partition coefficient (Wildman–Crippen LogP) is 5.07. The second-order valence-electron chi connectivity index (χ2n) is 11.0. The number of alkyl halides is 3. The zero-order valence-electron chi connectivity index (χ0n) is 24.4. The van der Waals surface area contributed by atoms with E-state index in [1.54, 1.807) is 0 Å². The third kappa shape index (κ3) is 8.44. The van der Waals surface area contributed by atoms with Crippen molar-refractivity contribution >= 4 is 27.4 Å². The molecule has 5 rings (SSSR count). The van der Waals surface area contributed by atoms with Crippen LogP contribution in [0.4, 0.5) is 29.2 Å². The molecular formula is C30H35F4N5O4S. The molecule has 0 spiro atoms. The molecule has 0 amide bonds. The van der Waals surface area contributed by atoms with E-state index in [0.29, 0.717) is 25.9 Å². The molecule has 0 bridgehead atoms. The number of nitrogens with one attached hydrogen (secondary N) is 1. The second-order valence-corrected chi connectivity index (χ2v) is 13.3. The average Bonchev–Trinajstić information content (AvgIpc) is 2.97. The fourth-order valence-corrected chi connectivity index (χ4v) is 6.92. The van der Waals surface area contributed by atoms with Crippen LogP contribution in [0.1, 0.15) is 43.6 Å². The van der Waals surface area contributed by atoms with E-state index in [0.717, 1.165) is 55.1 Å². The summed E-state index contributed by atoms with van der Waals surface area (Å²) in [5.41, 5.74) is 3.29. The van der Waals surface area contributed by atoms with Gasteiger partial charge in [-0.05, 0) is 50.5 Å². The standard InChI is InChI=1S/C28H34FN5O2S.C2HF3O2/c1-20(2)30-27-28(32-26-19-33(14-13-25(26)31-27)18-21-7-4-3-5-8-21)34-15-11-23(12-16-34)37(35,36)24-10-6-9-22(29)17-24;3-2(4,5)1(6)7/h3-10,17,20,23H,11-16,18-19H2,1-2H3,(H,30,31);(H,6,7). The summed E-state index contributed by atoms with van der Waals surface area (Å²) in [6.45, 7) is 7.78. The second kappa shape index (κ2) is 13.9. The van der Waals surface area contributed by atoms with Gasteiger partial charge >= 0.3 is 12.1 Å². The van der Waals surface area contributed by atoms with Gasteiger partial charge in [0.05, 0.1) is 21.5 Å². The molecule has 3 heterocycles. The molecule has 2 aliphatic heterocycles. The number of hydrogen-bond donors (Lipinski definition) is 2. The first-order chi connectivity index (χ1) is 20.7. The lowest BCUT2D eigenvalue weighted by Gasteiger charge is -2.35. The van der Waals surface area contributed by atoms with E-state index in [4.69, 9.17) is 19.9 Å². The number of sulfone groups is 1. The molecule has 2 N–H and O–H groups in total. The van der Waals surface area contributed by atoms with Gasteiger partial charge in [0.2, 0.25) is 0 Å². The summed E-state index contributed by atoms with van der Waals surface area (Å²) in [6.07, 6.45) is -3.33. The molecule has 14 heteroatoms. The van der Waals surface area contributed by atoms with Gasteiger partial charge in [-0.3, -0.25) is 4.90 Å². The predicted molar refractivity (Wildman–Crippen MR) is 158 cm³/mol. The van der Waals surface area contributed by atoms with Crippen LogP contribution >= 0.6 is 0 Å². The van der Waals surface area contributed by atoms with Crippen LogP contribution < -0.4 is 10.2 Å². The Morgan fingerprint density at radius 1 is 1.02 bits per heavy atom. The Kier molecular flexibility index (Phi) is 10.5. The number of benzene rings is 2. The van der Waals surface area contributed by atoms with Crippen LogP contribution in [0.15, 0.2) is 59.5 Å². The highest BCUT2D eigenvalue weighted by Gasteiger charge is 2.38. The number of halogens is 4. The first kappa shape index (κ1) is 33.1. The monoisotopic (exact) mass is 637 g/mol. The summed E-state index contributed by atoms with van der Waals surface area (Å²) >= 11 is 0. The molecule has 0 radical (unpaired) electrons. The molecule has 2 aromatic carbocycles. The number of piperidine rings is 1. The number of aliphatic carboxylic acids is 1. The number of carboxylic acid groups (broad SMARTS) is 1. The number of carboxylic acids is 1. The highest BCUT2D eigenvalue weighted by molar-refractivity contribution is 7.92. The summed E-state index contributed by atoms with van der Waals surface area (Å²) in [6, 6.07) is 15.9. The zero-order chi connectivity index (χ0) is 32.1. The van der Waals surface area contributed by atoms with Crippen LogP contribution in [-0.2, 0) is 34.1 Å². The summed E-state index contributed by atoms with van der Waals surface area (Å²) in [5.74, 6) is -1.74. The molecule has 0 aliphatic carbocycles. The quantitative estimate of drug-likeness (QED) is 0.343. The number of aromatic nitrogens is 2. The van der Waals surface area contributed by atoms with Gasteiger partial charge in [-0.15, -0.1) is 0 Å². The molecule has 44 heavy (non-hydrogen) atoms. The van der Waals surface area contributed by atoms with Crippen molar-refractivity contribution in [2.45, 2.75) is 68.6 Å². The van der Waals surface area contributed by atoms with Crippen LogP contribution in [-0.4, -0.2) is 71.5 Å². The normalized spacial score (nSPS) is 16.2. The summed E-state index contributed by atoms with van der Waals surface area (Å²) in [7, 11) is -3.60. The Balaban J connectivity index is 0.000000566. The van der Waals surface area contributed by atoms with Gasteiger partial charge in [0.25, 0.3) is 0 Å². The van der Waals surface area contributed by atoms with E-state index in [2.05, 4.69) is 53.2 Å². The highest BCUT2D eigenvalue weighted by Crippen LogP contribution is 2.32. The van der Waals surface area contributed by atoms with Gasteiger partial charge in [-0.2, -0.15) is 13.2 Å². The van der Waals surface area contributed by atoms with E-state index < -0.39 is 33.1 Å². The third-order valence-electron chi connectivity index (χ3n) is 7.29. The maximum absolute atomic E-state index is 13.7. The summed E-state index contributed by atoms with van der Waals surface area (Å²) in [4.78, 5) is 23.6. The van der Waals surface area contributed by atoms with Crippen LogP contribution in [0.3, 0.4) is 0 Å². The molecule has 3 aromatic rings. The fraction of sp³-hybridized carbons (Fsp3) is 0.433. The molecule has 238 valence electrons. The molecule has 2 aliphatic rings. The van der Waals surface area contributed by atoms with Gasteiger partial charge in [-0.25, -0.2) is 27.6 Å². The number of carbonyl (C=O) groups is 1. The Morgan fingerprint density at radius 3 is 2.27 bits per heavy atom. The molecule has 0 atom stereocenters. The van der Waals surface area contributed by atoms with Crippen molar-refractivity contribution in [2.24, 2.45) is 0 Å². The van der Waals surface area contributed by atoms with Gasteiger partial charge in [0.15, 0.2) is 21.5 Å². The SMILES string of the molecule is CC(C)Nc1nc2c(nc1N1CCC(S(=O)(=O)c3cccc(F)c3)CC1)CN(Cc1ccccc1)CC2.O=C(O)C(F)(F)F. The van der Waals surface area contributed by atoms with E-state index in [-0.39, 0.29) is 10.9 Å². The molecule has 1 saturated heterocycles. The lowest BCUT2D eigenvalue weighted by Crippen LogP contribution is -2.41.